The number of rotatable bonds is 4. The molecule has 2 rings (SSSR count). The van der Waals surface area contributed by atoms with Gasteiger partial charge in [0, 0.05) is 13.0 Å². The van der Waals surface area contributed by atoms with Gasteiger partial charge in [-0.1, -0.05) is 26.2 Å². The minimum Gasteiger partial charge on any atom is -0.389 e. The van der Waals surface area contributed by atoms with E-state index in [1.807, 2.05) is 11.6 Å². The summed E-state index contributed by atoms with van der Waals surface area (Å²) in [4.78, 5) is 0. The number of aliphatic hydroxyl groups is 1. The molecule has 0 aromatic carbocycles. The molecule has 2 unspecified atom stereocenters. The van der Waals surface area contributed by atoms with Crippen molar-refractivity contribution in [2.24, 2.45) is 5.92 Å². The van der Waals surface area contributed by atoms with Crippen LogP contribution in [0.15, 0.2) is 4.47 Å². The fraction of sp³-hybridized carbons (Fsp3) is 0.812. The van der Waals surface area contributed by atoms with Crippen molar-refractivity contribution >= 4 is 15.9 Å². The molecule has 0 saturated heterocycles. The molecule has 0 radical (unpaired) electrons. The molecule has 4 heteroatoms. The number of aryl methyl sites for hydroxylation is 2. The molecule has 0 spiro atoms. The van der Waals surface area contributed by atoms with Crippen molar-refractivity contribution in [3.05, 3.63) is 15.9 Å². The molecule has 114 valence electrons. The Morgan fingerprint density at radius 3 is 2.75 bits per heavy atom. The lowest BCUT2D eigenvalue weighted by molar-refractivity contribution is 0.0221. The van der Waals surface area contributed by atoms with Crippen molar-refractivity contribution < 1.29 is 5.11 Å². The van der Waals surface area contributed by atoms with Gasteiger partial charge in [-0.2, -0.15) is 5.10 Å². The Hall–Kier alpha value is -0.350. The molecule has 3 nitrogen and oxygen atoms in total. The van der Waals surface area contributed by atoms with Crippen LogP contribution in [0.4, 0.5) is 0 Å². The van der Waals surface area contributed by atoms with E-state index in [9.17, 15) is 5.11 Å². The third-order valence-electron chi connectivity index (χ3n) is 4.80. The summed E-state index contributed by atoms with van der Waals surface area (Å²) in [5, 5.41) is 15.5. The second-order valence-electron chi connectivity index (χ2n) is 6.27. The van der Waals surface area contributed by atoms with Crippen molar-refractivity contribution in [2.75, 3.05) is 0 Å². The van der Waals surface area contributed by atoms with Crippen LogP contribution in [0.25, 0.3) is 0 Å². The van der Waals surface area contributed by atoms with E-state index in [2.05, 4.69) is 34.9 Å². The fourth-order valence-electron chi connectivity index (χ4n) is 3.40. The van der Waals surface area contributed by atoms with Crippen LogP contribution in [0, 0.1) is 12.8 Å². The topological polar surface area (TPSA) is 38.1 Å². The first-order valence-corrected chi connectivity index (χ1v) is 8.72. The molecule has 0 bridgehead atoms. The highest BCUT2D eigenvalue weighted by Crippen LogP contribution is 2.36. The summed E-state index contributed by atoms with van der Waals surface area (Å²) in [5.74, 6) is 0.797. The summed E-state index contributed by atoms with van der Waals surface area (Å²) in [6, 6.07) is 0. The molecule has 1 aliphatic carbocycles. The highest BCUT2D eigenvalue weighted by molar-refractivity contribution is 9.10. The van der Waals surface area contributed by atoms with Crippen LogP contribution in [-0.4, -0.2) is 20.5 Å². The van der Waals surface area contributed by atoms with Crippen LogP contribution >= 0.6 is 15.9 Å². The maximum Gasteiger partial charge on any atom is 0.0738 e. The molecule has 1 aromatic rings. The van der Waals surface area contributed by atoms with Crippen molar-refractivity contribution in [3.63, 3.8) is 0 Å². The summed E-state index contributed by atoms with van der Waals surface area (Å²) in [5.41, 5.74) is 1.62. The number of aromatic nitrogens is 2. The Kier molecular flexibility index (Phi) is 5.30. The Morgan fingerprint density at radius 2 is 2.10 bits per heavy atom. The lowest BCUT2D eigenvalue weighted by Gasteiger charge is -2.27. The first-order valence-electron chi connectivity index (χ1n) is 7.93. The Bertz CT molecular complexity index is 458. The SMILES string of the molecule is CCC1CCCC(O)(Cc2c(Br)c(C)nn2CC)CC1. The van der Waals surface area contributed by atoms with E-state index in [0.717, 1.165) is 60.4 Å². The zero-order valence-corrected chi connectivity index (χ0v) is 14.5. The zero-order chi connectivity index (χ0) is 14.8. The quantitative estimate of drug-likeness (QED) is 0.831. The van der Waals surface area contributed by atoms with Crippen LogP contribution in [0.1, 0.15) is 63.8 Å². The van der Waals surface area contributed by atoms with Gasteiger partial charge in [-0.25, -0.2) is 0 Å². The molecule has 1 heterocycles. The molecule has 0 aliphatic heterocycles. The minimum absolute atomic E-state index is 0.550. The normalized spacial score (nSPS) is 27.6. The van der Waals surface area contributed by atoms with Crippen LogP contribution in [0.3, 0.4) is 0 Å². The molecule has 0 amide bonds. The maximum absolute atomic E-state index is 11.0. The lowest BCUT2D eigenvalue weighted by Crippen LogP contribution is -2.32. The number of halogens is 1. The van der Waals surface area contributed by atoms with Crippen LogP contribution in [0.5, 0.6) is 0 Å². The van der Waals surface area contributed by atoms with Gasteiger partial charge < -0.3 is 5.11 Å². The molecule has 1 fully saturated rings. The van der Waals surface area contributed by atoms with E-state index >= 15 is 0 Å². The summed E-state index contributed by atoms with van der Waals surface area (Å²) in [7, 11) is 0. The maximum atomic E-state index is 11.0. The predicted octanol–water partition coefficient (Wildman–Crippen LogP) is 4.24. The molecule has 2 atom stereocenters. The average molecular weight is 343 g/mol. The van der Waals surface area contributed by atoms with E-state index < -0.39 is 5.60 Å². The van der Waals surface area contributed by atoms with Gasteiger partial charge in [0.2, 0.25) is 0 Å². The first kappa shape index (κ1) is 16.0. The van der Waals surface area contributed by atoms with E-state index in [0.29, 0.717) is 0 Å². The van der Waals surface area contributed by atoms with Crippen molar-refractivity contribution in [1.29, 1.82) is 0 Å². The molecular weight excluding hydrogens is 316 g/mol. The highest BCUT2D eigenvalue weighted by Gasteiger charge is 2.32. The summed E-state index contributed by atoms with van der Waals surface area (Å²) >= 11 is 3.64. The van der Waals surface area contributed by atoms with Gasteiger partial charge in [-0.05, 0) is 55.0 Å². The second kappa shape index (κ2) is 6.61. The Labute approximate surface area is 130 Å². The number of nitrogens with zero attached hydrogens (tertiary/aromatic N) is 2. The highest BCUT2D eigenvalue weighted by atomic mass is 79.9. The van der Waals surface area contributed by atoms with Crippen LogP contribution in [0.2, 0.25) is 0 Å². The monoisotopic (exact) mass is 342 g/mol. The largest absolute Gasteiger partial charge is 0.389 e. The molecule has 1 saturated carbocycles. The minimum atomic E-state index is -0.550. The second-order valence-corrected chi connectivity index (χ2v) is 7.06. The van der Waals surface area contributed by atoms with E-state index in [4.69, 9.17) is 0 Å². The predicted molar refractivity (Wildman–Crippen MR) is 85.9 cm³/mol. The van der Waals surface area contributed by atoms with Gasteiger partial charge in [-0.3, -0.25) is 4.68 Å². The third kappa shape index (κ3) is 3.45. The summed E-state index contributed by atoms with van der Waals surface area (Å²) in [6.45, 7) is 7.24. The van der Waals surface area contributed by atoms with E-state index in [-0.39, 0.29) is 0 Å². The Morgan fingerprint density at radius 1 is 1.35 bits per heavy atom. The van der Waals surface area contributed by atoms with Gasteiger partial charge in [0.25, 0.3) is 0 Å². The average Bonchev–Trinajstić information content (AvgIpc) is 2.61. The number of hydrogen-bond donors (Lipinski definition) is 1. The lowest BCUT2D eigenvalue weighted by atomic mass is 9.88. The van der Waals surface area contributed by atoms with Crippen molar-refractivity contribution in [3.8, 4) is 0 Å². The smallest absolute Gasteiger partial charge is 0.0738 e. The fourth-order valence-corrected chi connectivity index (χ4v) is 3.82. The van der Waals surface area contributed by atoms with Crippen molar-refractivity contribution in [1.82, 2.24) is 9.78 Å². The number of hydrogen-bond acceptors (Lipinski definition) is 2. The molecule has 1 aliphatic rings. The van der Waals surface area contributed by atoms with Gasteiger partial charge in [0.1, 0.15) is 0 Å². The summed E-state index contributed by atoms with van der Waals surface area (Å²) in [6.07, 6.45) is 7.38. The molecular formula is C16H27BrN2O. The Balaban J connectivity index is 2.16. The van der Waals surface area contributed by atoms with Gasteiger partial charge in [0.15, 0.2) is 0 Å². The standard InChI is InChI=1S/C16H27BrN2O/c1-4-13-7-6-9-16(20,10-8-13)11-14-15(17)12(3)18-19(14)5-2/h13,20H,4-11H2,1-3H3. The third-order valence-corrected chi connectivity index (χ3v) is 5.83. The molecule has 1 N–H and O–H groups in total. The van der Waals surface area contributed by atoms with Crippen molar-refractivity contribution in [2.45, 2.75) is 77.9 Å². The van der Waals surface area contributed by atoms with Crippen LogP contribution < -0.4 is 0 Å². The van der Waals surface area contributed by atoms with Crippen LogP contribution in [-0.2, 0) is 13.0 Å². The van der Waals surface area contributed by atoms with Gasteiger partial charge in [-0.15, -0.1) is 0 Å². The summed E-state index contributed by atoms with van der Waals surface area (Å²) < 4.78 is 3.10. The molecule has 20 heavy (non-hydrogen) atoms. The van der Waals surface area contributed by atoms with Gasteiger partial charge >= 0.3 is 0 Å². The van der Waals surface area contributed by atoms with Gasteiger partial charge in [0.05, 0.1) is 21.5 Å². The molecule has 1 aromatic heterocycles. The van der Waals surface area contributed by atoms with E-state index in [1.165, 1.54) is 12.8 Å². The first-order chi connectivity index (χ1) is 9.49. The van der Waals surface area contributed by atoms with E-state index in [1.54, 1.807) is 0 Å². The zero-order valence-electron chi connectivity index (χ0n) is 13.0.